The number of rotatable bonds is 7. The molecule has 0 N–H and O–H groups in total. The largest absolute Gasteiger partial charge is 0.416 e. The molecule has 0 radical (unpaired) electrons. The van der Waals surface area contributed by atoms with Gasteiger partial charge < -0.3 is 9.47 Å². The van der Waals surface area contributed by atoms with Gasteiger partial charge in [0.1, 0.15) is 0 Å². The van der Waals surface area contributed by atoms with Gasteiger partial charge in [-0.3, -0.25) is 4.79 Å². The molecule has 0 unspecified atom stereocenters. The number of benzene rings is 2. The summed E-state index contributed by atoms with van der Waals surface area (Å²) in [6.45, 7) is 2.98. The van der Waals surface area contributed by atoms with Crippen molar-refractivity contribution in [1.29, 1.82) is 0 Å². The molecule has 0 aliphatic carbocycles. The van der Waals surface area contributed by atoms with Crippen LogP contribution in [0.25, 0.3) is 0 Å². The topological polar surface area (TPSA) is 25.2 Å². The second kappa shape index (κ2) is 10.3. The number of carbonyl (C=O) groups is 1. The van der Waals surface area contributed by atoms with Crippen molar-refractivity contribution in [3.05, 3.63) is 107 Å². The van der Waals surface area contributed by atoms with Crippen molar-refractivity contribution in [2.24, 2.45) is 0 Å². The van der Waals surface area contributed by atoms with Crippen molar-refractivity contribution in [3.63, 3.8) is 0 Å². The molecular formula is C25H19F9N2O. The number of nitrogens with zero attached hydrogens (tertiary/aromatic N) is 2. The van der Waals surface area contributed by atoms with Gasteiger partial charge in [0.2, 0.25) is 0 Å². The Morgan fingerprint density at radius 3 is 1.95 bits per heavy atom. The Labute approximate surface area is 205 Å². The van der Waals surface area contributed by atoms with Crippen LogP contribution >= 0.6 is 0 Å². The average Bonchev–Trinajstić information content (AvgIpc) is 3.23. The summed E-state index contributed by atoms with van der Waals surface area (Å²) in [5, 5.41) is 0. The number of halogens is 9. The number of hydrogen-bond donors (Lipinski definition) is 0. The highest BCUT2D eigenvalue weighted by Gasteiger charge is 2.38. The van der Waals surface area contributed by atoms with Crippen molar-refractivity contribution >= 4 is 5.91 Å². The zero-order chi connectivity index (χ0) is 27.6. The highest BCUT2D eigenvalue weighted by atomic mass is 19.4. The summed E-state index contributed by atoms with van der Waals surface area (Å²) in [7, 11) is 0. The third-order valence-corrected chi connectivity index (χ3v) is 5.35. The monoisotopic (exact) mass is 534 g/mol. The quantitative estimate of drug-likeness (QED) is 0.229. The minimum Gasteiger partial charge on any atom is -0.345 e. The van der Waals surface area contributed by atoms with Crippen LogP contribution in [0.5, 0.6) is 0 Å². The Morgan fingerprint density at radius 1 is 0.811 bits per heavy atom. The molecule has 0 aliphatic rings. The van der Waals surface area contributed by atoms with E-state index in [1.165, 1.54) is 35.0 Å². The molecule has 0 saturated heterocycles. The Morgan fingerprint density at radius 2 is 1.41 bits per heavy atom. The van der Waals surface area contributed by atoms with Crippen LogP contribution < -0.4 is 0 Å². The summed E-state index contributed by atoms with van der Waals surface area (Å²) in [4.78, 5) is 14.0. The van der Waals surface area contributed by atoms with Crippen molar-refractivity contribution in [2.45, 2.75) is 31.6 Å². The first-order valence-electron chi connectivity index (χ1n) is 10.6. The lowest BCUT2D eigenvalue weighted by Crippen LogP contribution is -2.32. The Kier molecular flexibility index (Phi) is 7.80. The Balaban J connectivity index is 1.92. The molecule has 1 heterocycles. The number of alkyl halides is 9. The van der Waals surface area contributed by atoms with Gasteiger partial charge in [-0.2, -0.15) is 39.5 Å². The smallest absolute Gasteiger partial charge is 0.345 e. The van der Waals surface area contributed by atoms with Gasteiger partial charge >= 0.3 is 18.5 Å². The van der Waals surface area contributed by atoms with Crippen LogP contribution in [-0.2, 0) is 31.6 Å². The van der Waals surface area contributed by atoms with E-state index in [-0.39, 0.29) is 25.7 Å². The van der Waals surface area contributed by atoms with Gasteiger partial charge in [-0.15, -0.1) is 6.58 Å². The van der Waals surface area contributed by atoms with E-state index in [1.54, 1.807) is 6.07 Å². The first kappa shape index (κ1) is 27.9. The summed E-state index contributed by atoms with van der Waals surface area (Å²) in [5.74, 6) is -1.11. The zero-order valence-electron chi connectivity index (χ0n) is 18.9. The van der Waals surface area contributed by atoms with Gasteiger partial charge in [-0.05, 0) is 48.0 Å². The molecule has 3 nitrogen and oxygen atoms in total. The highest BCUT2D eigenvalue weighted by Crippen LogP contribution is 2.36. The van der Waals surface area contributed by atoms with E-state index in [1.807, 2.05) is 0 Å². The second-order valence-corrected chi connectivity index (χ2v) is 8.09. The maximum absolute atomic E-state index is 13.2. The lowest BCUT2D eigenvalue weighted by Gasteiger charge is -2.23. The van der Waals surface area contributed by atoms with Crippen LogP contribution in [0.2, 0.25) is 0 Å². The predicted molar refractivity (Wildman–Crippen MR) is 116 cm³/mol. The van der Waals surface area contributed by atoms with E-state index in [4.69, 9.17) is 0 Å². The van der Waals surface area contributed by atoms with Gasteiger partial charge in [0.15, 0.2) is 0 Å². The van der Waals surface area contributed by atoms with Crippen LogP contribution in [-0.4, -0.2) is 21.9 Å². The second-order valence-electron chi connectivity index (χ2n) is 8.09. The molecule has 3 aromatic rings. The van der Waals surface area contributed by atoms with E-state index in [9.17, 15) is 44.3 Å². The summed E-state index contributed by atoms with van der Waals surface area (Å²) in [6, 6.07) is 8.26. The predicted octanol–water partition coefficient (Wildman–Crippen LogP) is 7.42. The first-order chi connectivity index (χ1) is 17.1. The van der Waals surface area contributed by atoms with E-state index in [2.05, 4.69) is 6.58 Å². The van der Waals surface area contributed by atoms with Gasteiger partial charge in [-0.25, -0.2) is 0 Å². The summed E-state index contributed by atoms with van der Waals surface area (Å²) < 4.78 is 120. The molecule has 198 valence electrons. The van der Waals surface area contributed by atoms with E-state index in [0.717, 1.165) is 17.0 Å². The van der Waals surface area contributed by atoms with Crippen LogP contribution in [0, 0.1) is 0 Å². The summed E-state index contributed by atoms with van der Waals surface area (Å²) in [5.41, 5.74) is -4.25. The van der Waals surface area contributed by atoms with Gasteiger partial charge in [0.25, 0.3) is 5.91 Å². The Hall–Kier alpha value is -3.70. The molecular weight excluding hydrogens is 515 g/mol. The minimum absolute atomic E-state index is 0.0237. The maximum atomic E-state index is 13.2. The van der Waals surface area contributed by atoms with Gasteiger partial charge in [-0.1, -0.05) is 18.2 Å². The fourth-order valence-corrected chi connectivity index (χ4v) is 3.62. The van der Waals surface area contributed by atoms with E-state index >= 15 is 0 Å². The molecule has 0 spiro atoms. The lowest BCUT2D eigenvalue weighted by molar-refractivity contribution is -0.143. The fraction of sp³-hybridized carbons (Fsp3) is 0.240. The number of amides is 1. The third kappa shape index (κ3) is 6.95. The summed E-state index contributed by atoms with van der Waals surface area (Å²) in [6.07, 6.45) is -12.0. The molecule has 1 aromatic heterocycles. The number of aromatic nitrogens is 1. The average molecular weight is 534 g/mol. The highest BCUT2D eigenvalue weighted by molar-refractivity contribution is 5.94. The minimum atomic E-state index is -5.13. The molecule has 0 aliphatic heterocycles. The molecule has 0 saturated carbocycles. The number of hydrogen-bond acceptors (Lipinski definition) is 1. The van der Waals surface area contributed by atoms with Crippen molar-refractivity contribution < 1.29 is 44.3 Å². The van der Waals surface area contributed by atoms with Crippen LogP contribution in [0.15, 0.2) is 73.4 Å². The molecule has 0 bridgehead atoms. The molecule has 3 rings (SSSR count). The molecule has 37 heavy (non-hydrogen) atoms. The fourth-order valence-electron chi connectivity index (χ4n) is 3.62. The van der Waals surface area contributed by atoms with Crippen LogP contribution in [0.3, 0.4) is 0 Å². The molecule has 0 fully saturated rings. The Bertz CT molecular complexity index is 1240. The summed E-state index contributed by atoms with van der Waals surface area (Å²) >= 11 is 0. The molecule has 2 aromatic carbocycles. The zero-order valence-corrected chi connectivity index (χ0v) is 18.9. The van der Waals surface area contributed by atoms with Gasteiger partial charge in [0, 0.05) is 30.5 Å². The van der Waals surface area contributed by atoms with Crippen molar-refractivity contribution in [3.8, 4) is 0 Å². The SMILES string of the molecule is C=CCN(Cc1cccn1Cc1cccc(C(F)(F)F)c1)C(=O)c1cc(C(F)(F)F)cc(C(F)(F)F)c1. The first-order valence-corrected chi connectivity index (χ1v) is 10.6. The van der Waals surface area contributed by atoms with Gasteiger partial charge in [0.05, 0.1) is 23.2 Å². The van der Waals surface area contributed by atoms with Crippen LogP contribution in [0.4, 0.5) is 39.5 Å². The lowest BCUT2D eigenvalue weighted by atomic mass is 10.0. The molecule has 1 amide bonds. The van der Waals surface area contributed by atoms with Crippen molar-refractivity contribution in [2.75, 3.05) is 6.54 Å². The van der Waals surface area contributed by atoms with Crippen LogP contribution in [0.1, 0.15) is 38.3 Å². The normalized spacial score (nSPS) is 12.5. The van der Waals surface area contributed by atoms with Crippen molar-refractivity contribution in [1.82, 2.24) is 9.47 Å². The number of carbonyl (C=O) groups excluding carboxylic acids is 1. The maximum Gasteiger partial charge on any atom is 0.416 e. The van der Waals surface area contributed by atoms with E-state index in [0.29, 0.717) is 23.4 Å². The molecule has 12 heteroatoms. The third-order valence-electron chi connectivity index (χ3n) is 5.35. The molecule has 0 atom stereocenters. The van der Waals surface area contributed by atoms with E-state index < -0.39 is 46.7 Å². The standard InChI is InChI=1S/C25H19F9N2O/c1-2-8-36(22(37)17-11-19(24(29,30)31)13-20(12-17)25(32,33)34)15-21-7-4-9-35(21)14-16-5-3-6-18(10-16)23(26,27)28/h2-7,9-13H,1,8,14-15H2.